The van der Waals surface area contributed by atoms with Gasteiger partial charge in [-0.25, -0.2) is 14.7 Å². The third kappa shape index (κ3) is 3.30. The minimum absolute atomic E-state index is 0.143. The zero-order valence-corrected chi connectivity index (χ0v) is 17.7. The smallest absolute Gasteiger partial charge is 0.304 e. The molecule has 0 spiro atoms. The minimum atomic E-state index is -1.05. The minimum Gasteiger partial charge on any atom is -0.432 e. The highest BCUT2D eigenvalue weighted by Crippen LogP contribution is 2.39. The van der Waals surface area contributed by atoms with Crippen molar-refractivity contribution in [2.24, 2.45) is 10.7 Å². The number of rotatable bonds is 5. The van der Waals surface area contributed by atoms with Gasteiger partial charge in [0, 0.05) is 22.9 Å². The number of ether oxygens (including phenoxy) is 1. The maximum atomic E-state index is 11.8. The molecular formula is C21H21N5O3S. The summed E-state index contributed by atoms with van der Waals surface area (Å²) in [7, 11) is 0. The number of hydrogen-bond donors (Lipinski definition) is 1. The Balaban J connectivity index is 2.07. The number of hydrogen-bond acceptors (Lipinski definition) is 7. The van der Waals surface area contributed by atoms with Crippen molar-refractivity contribution in [1.29, 1.82) is 0 Å². The number of fused-ring (bicyclic) bond motifs is 3. The van der Waals surface area contributed by atoms with E-state index in [1.54, 1.807) is 16.0 Å². The molecule has 0 saturated heterocycles. The second kappa shape index (κ2) is 7.83. The topological polar surface area (TPSA) is 112 Å². The van der Waals surface area contributed by atoms with Crippen LogP contribution in [0.3, 0.4) is 0 Å². The molecule has 1 aliphatic rings. The van der Waals surface area contributed by atoms with Gasteiger partial charge in [-0.05, 0) is 18.4 Å². The number of benzene rings is 1. The summed E-state index contributed by atoms with van der Waals surface area (Å²) in [6, 6.07) is 9.73. The Hall–Kier alpha value is -3.33. The van der Waals surface area contributed by atoms with Gasteiger partial charge in [0.1, 0.15) is 5.00 Å². The van der Waals surface area contributed by atoms with E-state index in [1.165, 1.54) is 11.8 Å². The number of aromatic nitrogens is 3. The Morgan fingerprint density at radius 3 is 2.53 bits per heavy atom. The highest BCUT2D eigenvalue weighted by molar-refractivity contribution is 7.15. The fourth-order valence-corrected chi connectivity index (χ4v) is 4.87. The first kappa shape index (κ1) is 20.0. The van der Waals surface area contributed by atoms with Crippen LogP contribution in [0.15, 0.2) is 35.3 Å². The zero-order valence-electron chi connectivity index (χ0n) is 16.9. The average Bonchev–Trinajstić information content (AvgIpc) is 3.30. The Labute approximate surface area is 177 Å². The Bertz CT molecular complexity index is 1160. The van der Waals surface area contributed by atoms with Gasteiger partial charge >= 0.3 is 5.97 Å². The molecule has 2 N–H and O–H groups in total. The van der Waals surface area contributed by atoms with Crippen LogP contribution in [0.4, 0.5) is 0 Å². The Kier molecular flexibility index (Phi) is 5.21. The third-order valence-electron chi connectivity index (χ3n) is 4.82. The standard InChI is InChI=1S/C21H21N5O3S/c1-4-13-14(5-2)30-21-15(13)16(12-9-7-6-8-10-12)23-20(29-11(3)27)19-24-18(17(22)28)25-26(19)21/h6-10,20H,4-5H2,1-3H3,(H2,22,28). The monoisotopic (exact) mass is 423 g/mol. The first-order valence-electron chi connectivity index (χ1n) is 9.67. The van der Waals surface area contributed by atoms with Gasteiger partial charge in [0.15, 0.2) is 5.82 Å². The van der Waals surface area contributed by atoms with Gasteiger partial charge in [-0.2, -0.15) is 0 Å². The molecule has 1 amide bonds. The Morgan fingerprint density at radius 2 is 1.93 bits per heavy atom. The number of primary amides is 1. The number of aliphatic imine (C=N–C) groups is 1. The van der Waals surface area contributed by atoms with E-state index in [1.807, 2.05) is 30.3 Å². The van der Waals surface area contributed by atoms with E-state index in [0.29, 0.717) is 5.71 Å². The molecule has 1 atom stereocenters. The molecule has 9 heteroatoms. The van der Waals surface area contributed by atoms with Crippen LogP contribution < -0.4 is 5.73 Å². The van der Waals surface area contributed by atoms with Crippen molar-refractivity contribution in [3.63, 3.8) is 0 Å². The molecule has 1 aliphatic heterocycles. The molecule has 0 fully saturated rings. The van der Waals surface area contributed by atoms with Crippen LogP contribution in [-0.4, -0.2) is 32.4 Å². The number of carbonyl (C=O) groups is 2. The molecule has 2 aromatic heterocycles. The van der Waals surface area contributed by atoms with Gasteiger partial charge in [-0.15, -0.1) is 16.4 Å². The average molecular weight is 423 g/mol. The summed E-state index contributed by atoms with van der Waals surface area (Å²) in [6.45, 7) is 5.50. The highest BCUT2D eigenvalue weighted by Gasteiger charge is 2.34. The number of esters is 1. The van der Waals surface area contributed by atoms with E-state index in [9.17, 15) is 9.59 Å². The zero-order chi connectivity index (χ0) is 21.4. The molecule has 8 nitrogen and oxygen atoms in total. The van der Waals surface area contributed by atoms with Crippen molar-refractivity contribution in [3.05, 3.63) is 63.5 Å². The molecule has 3 heterocycles. The van der Waals surface area contributed by atoms with E-state index in [2.05, 4.69) is 23.9 Å². The van der Waals surface area contributed by atoms with Crippen molar-refractivity contribution < 1.29 is 14.3 Å². The van der Waals surface area contributed by atoms with Crippen LogP contribution in [0.25, 0.3) is 5.00 Å². The van der Waals surface area contributed by atoms with E-state index < -0.39 is 18.1 Å². The molecular weight excluding hydrogens is 402 g/mol. The summed E-state index contributed by atoms with van der Waals surface area (Å²) >= 11 is 1.57. The van der Waals surface area contributed by atoms with Crippen LogP contribution in [-0.2, 0) is 22.4 Å². The van der Waals surface area contributed by atoms with Crippen LogP contribution in [0.2, 0.25) is 0 Å². The molecule has 3 aromatic rings. The lowest BCUT2D eigenvalue weighted by Crippen LogP contribution is -2.14. The largest absolute Gasteiger partial charge is 0.432 e. The predicted molar refractivity (Wildman–Crippen MR) is 113 cm³/mol. The van der Waals surface area contributed by atoms with Crippen LogP contribution >= 0.6 is 11.3 Å². The number of nitrogens with two attached hydrogens (primary N) is 1. The SMILES string of the molecule is CCc1sc2c(c1CC)C(c1ccccc1)=NC(OC(C)=O)c1nc(C(N)=O)nn1-2. The van der Waals surface area contributed by atoms with E-state index >= 15 is 0 Å². The maximum absolute atomic E-state index is 11.8. The first-order chi connectivity index (χ1) is 14.4. The van der Waals surface area contributed by atoms with Gasteiger partial charge in [-0.1, -0.05) is 44.2 Å². The van der Waals surface area contributed by atoms with Crippen molar-refractivity contribution in [1.82, 2.24) is 14.8 Å². The summed E-state index contributed by atoms with van der Waals surface area (Å²) in [4.78, 5) is 33.8. The lowest BCUT2D eigenvalue weighted by atomic mass is 9.97. The number of aryl methyl sites for hydroxylation is 1. The van der Waals surface area contributed by atoms with Crippen molar-refractivity contribution in [2.75, 3.05) is 0 Å². The number of carbonyl (C=O) groups excluding carboxylic acids is 2. The van der Waals surface area contributed by atoms with Gasteiger partial charge in [-0.3, -0.25) is 9.59 Å². The number of amides is 1. The van der Waals surface area contributed by atoms with Gasteiger partial charge in [0.2, 0.25) is 5.82 Å². The summed E-state index contributed by atoms with van der Waals surface area (Å²) in [6.07, 6.45) is 0.599. The van der Waals surface area contributed by atoms with Gasteiger partial charge < -0.3 is 10.5 Å². The van der Waals surface area contributed by atoms with Crippen molar-refractivity contribution in [3.8, 4) is 5.00 Å². The normalized spacial score (nSPS) is 15.0. The van der Waals surface area contributed by atoms with Crippen LogP contribution in [0.5, 0.6) is 0 Å². The molecule has 154 valence electrons. The van der Waals surface area contributed by atoms with Crippen LogP contribution in [0, 0.1) is 0 Å². The van der Waals surface area contributed by atoms with Crippen molar-refractivity contribution in [2.45, 2.75) is 39.8 Å². The molecule has 1 unspecified atom stereocenters. The second-order valence-corrected chi connectivity index (χ2v) is 7.85. The van der Waals surface area contributed by atoms with E-state index in [-0.39, 0.29) is 11.6 Å². The second-order valence-electron chi connectivity index (χ2n) is 6.77. The Morgan fingerprint density at radius 1 is 1.20 bits per heavy atom. The fraction of sp³-hybridized carbons (Fsp3) is 0.286. The molecule has 0 saturated carbocycles. The van der Waals surface area contributed by atoms with Crippen molar-refractivity contribution >= 4 is 28.9 Å². The lowest BCUT2D eigenvalue weighted by Gasteiger charge is -2.13. The summed E-state index contributed by atoms with van der Waals surface area (Å²) in [5.74, 6) is -1.16. The maximum Gasteiger partial charge on any atom is 0.304 e. The molecule has 0 bridgehead atoms. The summed E-state index contributed by atoms with van der Waals surface area (Å²) in [5, 5.41) is 5.13. The third-order valence-corrected chi connectivity index (χ3v) is 6.17. The fourth-order valence-electron chi connectivity index (χ4n) is 3.58. The highest BCUT2D eigenvalue weighted by atomic mass is 32.1. The van der Waals surface area contributed by atoms with E-state index in [4.69, 9.17) is 15.5 Å². The van der Waals surface area contributed by atoms with Crippen LogP contribution in [0.1, 0.15) is 65.0 Å². The predicted octanol–water partition coefficient (Wildman–Crippen LogP) is 2.97. The molecule has 0 aliphatic carbocycles. The summed E-state index contributed by atoms with van der Waals surface area (Å²) in [5.41, 5.74) is 9.10. The number of nitrogens with zero attached hydrogens (tertiary/aromatic N) is 4. The summed E-state index contributed by atoms with van der Waals surface area (Å²) < 4.78 is 7.02. The molecule has 1 aromatic carbocycles. The molecule has 4 rings (SSSR count). The van der Waals surface area contributed by atoms with Gasteiger partial charge in [0.25, 0.3) is 12.1 Å². The first-order valence-corrected chi connectivity index (χ1v) is 10.5. The quantitative estimate of drug-likeness (QED) is 0.634. The lowest BCUT2D eigenvalue weighted by molar-refractivity contribution is -0.146. The van der Waals surface area contributed by atoms with E-state index in [0.717, 1.165) is 34.5 Å². The molecule has 30 heavy (non-hydrogen) atoms. The number of thiophene rings is 1. The van der Waals surface area contributed by atoms with Gasteiger partial charge in [0.05, 0.1) is 5.71 Å². The molecule has 0 radical (unpaired) electrons.